The molecule has 5 nitrogen and oxygen atoms in total. The molecule has 2 rings (SSSR count). The first-order chi connectivity index (χ1) is 12.3. The van der Waals surface area contributed by atoms with Gasteiger partial charge in [-0.2, -0.15) is 0 Å². The minimum Gasteiger partial charge on any atom is -0.482 e. The van der Waals surface area contributed by atoms with E-state index in [1.165, 1.54) is 0 Å². The Morgan fingerprint density at radius 2 is 1.65 bits per heavy atom. The Kier molecular flexibility index (Phi) is 6.89. The van der Waals surface area contributed by atoms with Gasteiger partial charge in [0.2, 0.25) is 0 Å². The summed E-state index contributed by atoms with van der Waals surface area (Å²) in [6.07, 6.45) is 0. The molecule has 0 unspecified atom stereocenters. The van der Waals surface area contributed by atoms with Gasteiger partial charge in [0.15, 0.2) is 13.2 Å². The smallest absolute Gasteiger partial charge is 0.344 e. The van der Waals surface area contributed by atoms with Gasteiger partial charge in [0, 0.05) is 0 Å². The molecule has 1 amide bonds. The highest BCUT2D eigenvalue weighted by Crippen LogP contribution is 2.32. The van der Waals surface area contributed by atoms with E-state index in [9.17, 15) is 9.59 Å². The Balaban J connectivity index is 1.84. The highest BCUT2D eigenvalue weighted by molar-refractivity contribution is 6.40. The normalized spacial score (nSPS) is 10.3. The predicted octanol–water partition coefficient (Wildman–Crippen LogP) is 4.48. The molecule has 0 aliphatic carbocycles. The number of hydrogen-bond donors (Lipinski definition) is 1. The summed E-state index contributed by atoms with van der Waals surface area (Å²) in [5, 5.41) is 3.19. The highest BCUT2D eigenvalue weighted by atomic mass is 35.5. The van der Waals surface area contributed by atoms with Crippen LogP contribution in [0.5, 0.6) is 5.75 Å². The van der Waals surface area contributed by atoms with Crippen LogP contribution in [0.2, 0.25) is 10.0 Å². The summed E-state index contributed by atoms with van der Waals surface area (Å²) in [7, 11) is 0. The van der Waals surface area contributed by atoms with Crippen molar-refractivity contribution in [3.8, 4) is 5.75 Å². The van der Waals surface area contributed by atoms with Crippen LogP contribution in [0.25, 0.3) is 0 Å². The monoisotopic (exact) mass is 395 g/mol. The van der Waals surface area contributed by atoms with Crippen molar-refractivity contribution < 1.29 is 19.1 Å². The molecule has 0 aromatic heterocycles. The van der Waals surface area contributed by atoms with Crippen molar-refractivity contribution in [1.82, 2.24) is 0 Å². The largest absolute Gasteiger partial charge is 0.482 e. The molecule has 0 fully saturated rings. The Morgan fingerprint density at radius 3 is 2.31 bits per heavy atom. The number of nitrogens with one attached hydrogen (secondary N) is 1. The topological polar surface area (TPSA) is 64.6 Å². The van der Waals surface area contributed by atoms with Gasteiger partial charge in [0.05, 0.1) is 15.7 Å². The number of anilines is 1. The number of carbonyl (C=O) groups excluding carboxylic acids is 2. The van der Waals surface area contributed by atoms with Gasteiger partial charge in [-0.1, -0.05) is 35.3 Å². The van der Waals surface area contributed by atoms with Crippen LogP contribution in [-0.2, 0) is 14.3 Å². The van der Waals surface area contributed by atoms with Crippen LogP contribution in [-0.4, -0.2) is 25.1 Å². The lowest BCUT2D eigenvalue weighted by molar-refractivity contribution is -0.149. The molecular weight excluding hydrogens is 377 g/mol. The first kappa shape index (κ1) is 20.1. The van der Waals surface area contributed by atoms with Crippen molar-refractivity contribution in [1.29, 1.82) is 0 Å². The molecule has 26 heavy (non-hydrogen) atoms. The minimum atomic E-state index is -0.652. The van der Waals surface area contributed by atoms with E-state index in [4.69, 9.17) is 32.7 Å². The first-order valence-corrected chi connectivity index (χ1v) is 8.63. The summed E-state index contributed by atoms with van der Waals surface area (Å²) in [4.78, 5) is 23.7. The molecule has 0 aliphatic heterocycles. The van der Waals surface area contributed by atoms with Crippen molar-refractivity contribution in [3.63, 3.8) is 0 Å². The van der Waals surface area contributed by atoms with Crippen LogP contribution >= 0.6 is 23.2 Å². The van der Waals surface area contributed by atoms with Crippen LogP contribution in [0.15, 0.2) is 30.3 Å². The van der Waals surface area contributed by atoms with E-state index in [1.54, 1.807) is 19.1 Å². The van der Waals surface area contributed by atoms with Crippen LogP contribution in [0.1, 0.15) is 16.7 Å². The molecule has 0 aliphatic rings. The Bertz CT molecular complexity index is 816. The molecule has 2 aromatic rings. The van der Waals surface area contributed by atoms with E-state index in [2.05, 4.69) is 5.32 Å². The Hall–Kier alpha value is -2.24. The standard InChI is InChI=1S/C19H19Cl2NO4/c1-11-6-12(2)8-14(7-11)25-10-17(24)26-9-16(23)22-19-15(20)5-4-13(3)18(19)21/h4-8H,9-10H2,1-3H3,(H,22,23). The molecule has 2 aromatic carbocycles. The number of rotatable bonds is 6. The fourth-order valence-corrected chi connectivity index (χ4v) is 2.76. The Labute approximate surface area is 162 Å². The second kappa shape index (κ2) is 8.92. The van der Waals surface area contributed by atoms with Gasteiger partial charge >= 0.3 is 5.97 Å². The molecule has 0 saturated heterocycles. The van der Waals surface area contributed by atoms with Crippen LogP contribution in [0, 0.1) is 20.8 Å². The molecule has 0 bridgehead atoms. The zero-order valence-corrected chi connectivity index (χ0v) is 16.2. The van der Waals surface area contributed by atoms with E-state index in [-0.39, 0.29) is 6.61 Å². The second-order valence-electron chi connectivity index (χ2n) is 5.87. The number of esters is 1. The van der Waals surface area contributed by atoms with Crippen LogP contribution in [0.3, 0.4) is 0 Å². The number of carbonyl (C=O) groups is 2. The number of ether oxygens (including phenoxy) is 2. The zero-order valence-electron chi connectivity index (χ0n) is 14.7. The van der Waals surface area contributed by atoms with Gasteiger partial charge in [-0.25, -0.2) is 4.79 Å². The Morgan fingerprint density at radius 1 is 1.00 bits per heavy atom. The van der Waals surface area contributed by atoms with Crippen molar-refractivity contribution in [3.05, 3.63) is 57.1 Å². The molecule has 0 heterocycles. The second-order valence-corrected chi connectivity index (χ2v) is 6.66. The maximum Gasteiger partial charge on any atom is 0.344 e. The summed E-state index contributed by atoms with van der Waals surface area (Å²) < 4.78 is 10.3. The third-order valence-corrected chi connectivity index (χ3v) is 4.27. The van der Waals surface area contributed by atoms with E-state index in [0.717, 1.165) is 16.7 Å². The predicted molar refractivity (Wildman–Crippen MR) is 102 cm³/mol. The lowest BCUT2D eigenvalue weighted by Crippen LogP contribution is -2.24. The van der Waals surface area contributed by atoms with Crippen molar-refractivity contribution in [2.24, 2.45) is 0 Å². The van der Waals surface area contributed by atoms with Gasteiger partial charge in [-0.05, 0) is 55.7 Å². The van der Waals surface area contributed by atoms with E-state index in [0.29, 0.717) is 21.5 Å². The number of amides is 1. The molecular formula is C19H19Cl2NO4. The highest BCUT2D eigenvalue weighted by Gasteiger charge is 2.14. The van der Waals surface area contributed by atoms with Gasteiger partial charge < -0.3 is 14.8 Å². The van der Waals surface area contributed by atoms with Gasteiger partial charge in [0.1, 0.15) is 5.75 Å². The van der Waals surface area contributed by atoms with Gasteiger partial charge in [-0.15, -0.1) is 0 Å². The quantitative estimate of drug-likeness (QED) is 0.732. The lowest BCUT2D eigenvalue weighted by Gasteiger charge is -2.12. The average molecular weight is 396 g/mol. The SMILES string of the molecule is Cc1cc(C)cc(OCC(=O)OCC(=O)Nc2c(Cl)ccc(C)c2Cl)c1. The third kappa shape index (κ3) is 5.64. The maximum absolute atomic E-state index is 11.9. The third-order valence-electron chi connectivity index (χ3n) is 3.46. The molecule has 0 atom stereocenters. The van der Waals surface area contributed by atoms with Crippen molar-refractivity contribution in [2.45, 2.75) is 20.8 Å². The van der Waals surface area contributed by atoms with Crippen molar-refractivity contribution in [2.75, 3.05) is 18.5 Å². The number of aryl methyl sites for hydroxylation is 3. The first-order valence-electron chi connectivity index (χ1n) is 7.87. The van der Waals surface area contributed by atoms with Crippen LogP contribution in [0.4, 0.5) is 5.69 Å². The van der Waals surface area contributed by atoms with Crippen LogP contribution < -0.4 is 10.1 Å². The van der Waals surface area contributed by atoms with Gasteiger partial charge in [-0.3, -0.25) is 4.79 Å². The summed E-state index contributed by atoms with van der Waals surface area (Å²) in [5.74, 6) is -0.623. The molecule has 1 N–H and O–H groups in total. The molecule has 0 spiro atoms. The van der Waals surface area contributed by atoms with E-state index >= 15 is 0 Å². The fourth-order valence-electron chi connectivity index (χ4n) is 2.29. The van der Waals surface area contributed by atoms with E-state index in [1.807, 2.05) is 32.0 Å². The summed E-state index contributed by atoms with van der Waals surface area (Å²) >= 11 is 12.1. The molecule has 138 valence electrons. The average Bonchev–Trinajstić information content (AvgIpc) is 2.57. The number of halogens is 2. The summed E-state index contributed by atoms with van der Waals surface area (Å²) in [5.41, 5.74) is 3.12. The minimum absolute atomic E-state index is 0.290. The zero-order chi connectivity index (χ0) is 19.3. The van der Waals surface area contributed by atoms with Gasteiger partial charge in [0.25, 0.3) is 5.91 Å². The number of benzene rings is 2. The maximum atomic E-state index is 11.9. The molecule has 7 heteroatoms. The lowest BCUT2D eigenvalue weighted by atomic mass is 10.1. The number of hydrogen-bond acceptors (Lipinski definition) is 4. The summed E-state index contributed by atoms with van der Waals surface area (Å²) in [6.45, 7) is 4.91. The van der Waals surface area contributed by atoms with Crippen molar-refractivity contribution >= 4 is 40.8 Å². The molecule has 0 saturated carbocycles. The fraction of sp³-hybridized carbons (Fsp3) is 0.263. The molecule has 0 radical (unpaired) electrons. The van der Waals surface area contributed by atoms with E-state index < -0.39 is 18.5 Å². The summed E-state index contributed by atoms with van der Waals surface area (Å²) in [6, 6.07) is 8.99.